The average molecular weight is 209 g/mol. The molecule has 0 saturated carbocycles. The molecule has 1 rings (SSSR count). The van der Waals surface area contributed by atoms with Crippen LogP contribution in [0.15, 0.2) is 12.4 Å². The third-order valence-corrected chi connectivity index (χ3v) is 2.66. The third-order valence-electron chi connectivity index (χ3n) is 2.66. The molecule has 0 saturated heterocycles. The van der Waals surface area contributed by atoms with Gasteiger partial charge in [-0.15, -0.1) is 0 Å². The number of aryl methyl sites for hydroxylation is 1. The molecule has 0 amide bonds. The smallest absolute Gasteiger partial charge is 0.0521 e. The Morgan fingerprint density at radius 1 is 1.47 bits per heavy atom. The van der Waals surface area contributed by atoms with E-state index in [-0.39, 0.29) is 0 Å². The van der Waals surface area contributed by atoms with Gasteiger partial charge < -0.3 is 5.32 Å². The maximum Gasteiger partial charge on any atom is 0.0521 e. The van der Waals surface area contributed by atoms with Crippen LogP contribution in [-0.4, -0.2) is 22.9 Å². The van der Waals surface area contributed by atoms with Crippen molar-refractivity contribution in [2.75, 3.05) is 13.1 Å². The molecule has 0 radical (unpaired) electrons. The lowest BCUT2D eigenvalue weighted by molar-refractivity contribution is 0.444. The summed E-state index contributed by atoms with van der Waals surface area (Å²) in [6.45, 7) is 6.60. The van der Waals surface area contributed by atoms with E-state index in [9.17, 15) is 0 Å². The fraction of sp³-hybridized carbons (Fsp3) is 0.750. The standard InChI is InChI=1S/C12H23N3/c1-4-6-11(8-13-5-2)7-12-9-14-15(3)10-12/h9-11,13H,4-8H2,1-3H3. The maximum atomic E-state index is 4.21. The van der Waals surface area contributed by atoms with Crippen LogP contribution in [0.25, 0.3) is 0 Å². The van der Waals surface area contributed by atoms with Crippen LogP contribution in [0.5, 0.6) is 0 Å². The summed E-state index contributed by atoms with van der Waals surface area (Å²) in [6.07, 6.45) is 7.80. The van der Waals surface area contributed by atoms with Crippen LogP contribution >= 0.6 is 0 Å². The molecule has 1 unspecified atom stereocenters. The van der Waals surface area contributed by atoms with Gasteiger partial charge in [0, 0.05) is 13.2 Å². The number of nitrogens with one attached hydrogen (secondary N) is 1. The first-order valence-electron chi connectivity index (χ1n) is 5.94. The third kappa shape index (κ3) is 4.47. The second kappa shape index (κ2) is 6.62. The van der Waals surface area contributed by atoms with Crippen LogP contribution in [0.1, 0.15) is 32.3 Å². The normalized spacial score (nSPS) is 13.0. The van der Waals surface area contributed by atoms with E-state index in [1.165, 1.54) is 18.4 Å². The van der Waals surface area contributed by atoms with Gasteiger partial charge in [0.25, 0.3) is 0 Å². The highest BCUT2D eigenvalue weighted by molar-refractivity contribution is 5.04. The Labute approximate surface area is 92.9 Å². The molecule has 1 N–H and O–H groups in total. The topological polar surface area (TPSA) is 29.9 Å². The molecule has 0 fully saturated rings. The molecule has 1 atom stereocenters. The number of nitrogens with zero attached hydrogens (tertiary/aromatic N) is 2. The Morgan fingerprint density at radius 3 is 2.80 bits per heavy atom. The minimum absolute atomic E-state index is 0.749. The minimum Gasteiger partial charge on any atom is -0.317 e. The fourth-order valence-electron chi connectivity index (χ4n) is 1.94. The monoisotopic (exact) mass is 209 g/mol. The lowest BCUT2D eigenvalue weighted by Crippen LogP contribution is -2.23. The summed E-state index contributed by atoms with van der Waals surface area (Å²) >= 11 is 0. The zero-order valence-corrected chi connectivity index (χ0v) is 10.2. The van der Waals surface area contributed by atoms with E-state index in [1.807, 2.05) is 17.9 Å². The van der Waals surface area contributed by atoms with Crippen LogP contribution in [0.2, 0.25) is 0 Å². The second-order valence-electron chi connectivity index (χ2n) is 4.19. The molecular weight excluding hydrogens is 186 g/mol. The van der Waals surface area contributed by atoms with Gasteiger partial charge in [-0.05, 0) is 37.4 Å². The largest absolute Gasteiger partial charge is 0.317 e. The van der Waals surface area contributed by atoms with E-state index in [4.69, 9.17) is 0 Å². The molecule has 0 aliphatic carbocycles. The minimum atomic E-state index is 0.749. The van der Waals surface area contributed by atoms with Crippen molar-refractivity contribution in [2.45, 2.75) is 33.1 Å². The van der Waals surface area contributed by atoms with Gasteiger partial charge in [-0.1, -0.05) is 20.3 Å². The summed E-state index contributed by atoms with van der Waals surface area (Å²) in [7, 11) is 1.97. The lowest BCUT2D eigenvalue weighted by Gasteiger charge is -2.15. The summed E-state index contributed by atoms with van der Waals surface area (Å²) in [4.78, 5) is 0. The van der Waals surface area contributed by atoms with Gasteiger partial charge in [-0.2, -0.15) is 5.10 Å². The average Bonchev–Trinajstić information content (AvgIpc) is 2.61. The first-order valence-corrected chi connectivity index (χ1v) is 5.94. The quantitative estimate of drug-likeness (QED) is 0.744. The Morgan fingerprint density at radius 2 is 2.27 bits per heavy atom. The highest BCUT2D eigenvalue weighted by Crippen LogP contribution is 2.12. The maximum absolute atomic E-state index is 4.21. The van der Waals surface area contributed by atoms with Crippen LogP contribution in [0, 0.1) is 5.92 Å². The van der Waals surface area contributed by atoms with Crippen molar-refractivity contribution in [1.29, 1.82) is 0 Å². The predicted octanol–water partition coefficient (Wildman–Crippen LogP) is 1.99. The molecule has 1 aromatic heterocycles. The van der Waals surface area contributed by atoms with Crippen molar-refractivity contribution in [2.24, 2.45) is 13.0 Å². The van der Waals surface area contributed by atoms with Gasteiger partial charge in [0.15, 0.2) is 0 Å². The summed E-state index contributed by atoms with van der Waals surface area (Å²) < 4.78 is 1.88. The summed E-state index contributed by atoms with van der Waals surface area (Å²) in [5.74, 6) is 0.749. The van der Waals surface area contributed by atoms with E-state index in [1.54, 1.807) is 0 Å². The summed E-state index contributed by atoms with van der Waals surface area (Å²) in [6, 6.07) is 0. The molecule has 0 aromatic carbocycles. The first-order chi connectivity index (χ1) is 7.26. The summed E-state index contributed by atoms with van der Waals surface area (Å²) in [5.41, 5.74) is 1.36. The highest BCUT2D eigenvalue weighted by atomic mass is 15.2. The van der Waals surface area contributed by atoms with Crippen molar-refractivity contribution in [3.05, 3.63) is 18.0 Å². The van der Waals surface area contributed by atoms with Crippen molar-refractivity contribution in [1.82, 2.24) is 15.1 Å². The molecule has 86 valence electrons. The number of aromatic nitrogens is 2. The molecule has 3 heteroatoms. The van der Waals surface area contributed by atoms with Gasteiger partial charge in [0.1, 0.15) is 0 Å². The van der Waals surface area contributed by atoms with E-state index in [0.29, 0.717) is 0 Å². The zero-order chi connectivity index (χ0) is 11.1. The molecule has 0 aliphatic heterocycles. The van der Waals surface area contributed by atoms with Gasteiger partial charge in [-0.3, -0.25) is 4.68 Å². The number of rotatable bonds is 7. The predicted molar refractivity (Wildman–Crippen MR) is 63.9 cm³/mol. The van der Waals surface area contributed by atoms with Crippen LogP contribution in [0.3, 0.4) is 0 Å². The van der Waals surface area contributed by atoms with Crippen molar-refractivity contribution >= 4 is 0 Å². The second-order valence-corrected chi connectivity index (χ2v) is 4.19. The van der Waals surface area contributed by atoms with Crippen molar-refractivity contribution in [3.63, 3.8) is 0 Å². The lowest BCUT2D eigenvalue weighted by atomic mass is 9.96. The molecule has 0 bridgehead atoms. The first kappa shape index (κ1) is 12.2. The Bertz CT molecular complexity index is 268. The molecule has 1 aromatic rings. The van der Waals surface area contributed by atoms with Crippen LogP contribution in [-0.2, 0) is 13.5 Å². The van der Waals surface area contributed by atoms with Crippen molar-refractivity contribution in [3.8, 4) is 0 Å². The van der Waals surface area contributed by atoms with Crippen LogP contribution in [0.4, 0.5) is 0 Å². The van der Waals surface area contributed by atoms with Gasteiger partial charge in [0.2, 0.25) is 0 Å². The highest BCUT2D eigenvalue weighted by Gasteiger charge is 2.09. The van der Waals surface area contributed by atoms with E-state index >= 15 is 0 Å². The van der Waals surface area contributed by atoms with Gasteiger partial charge in [-0.25, -0.2) is 0 Å². The molecule has 0 spiro atoms. The number of hydrogen-bond acceptors (Lipinski definition) is 2. The molecular formula is C12H23N3. The molecule has 3 nitrogen and oxygen atoms in total. The molecule has 1 heterocycles. The molecule has 0 aliphatic rings. The van der Waals surface area contributed by atoms with Crippen LogP contribution < -0.4 is 5.32 Å². The van der Waals surface area contributed by atoms with Gasteiger partial charge in [0.05, 0.1) is 6.20 Å². The Balaban J connectivity index is 2.42. The van der Waals surface area contributed by atoms with E-state index in [2.05, 4.69) is 30.5 Å². The van der Waals surface area contributed by atoms with Crippen molar-refractivity contribution < 1.29 is 0 Å². The Kier molecular flexibility index (Phi) is 5.40. The SMILES string of the molecule is CCCC(CNCC)Cc1cnn(C)c1. The summed E-state index contributed by atoms with van der Waals surface area (Å²) in [5, 5.41) is 7.64. The fourth-order valence-corrected chi connectivity index (χ4v) is 1.94. The zero-order valence-electron chi connectivity index (χ0n) is 10.2. The van der Waals surface area contributed by atoms with E-state index < -0.39 is 0 Å². The van der Waals surface area contributed by atoms with E-state index in [0.717, 1.165) is 25.4 Å². The molecule has 15 heavy (non-hydrogen) atoms. The van der Waals surface area contributed by atoms with Gasteiger partial charge >= 0.3 is 0 Å². The number of hydrogen-bond donors (Lipinski definition) is 1. The Hall–Kier alpha value is -0.830.